The molecule has 0 fully saturated rings. The van der Waals surface area contributed by atoms with E-state index in [1.807, 2.05) is 6.07 Å². The van der Waals surface area contributed by atoms with Gasteiger partial charge >= 0.3 is 6.09 Å². The molecule has 5 heteroatoms. The van der Waals surface area contributed by atoms with Crippen LogP contribution in [-0.4, -0.2) is 19.2 Å². The number of hydrogen-bond donors (Lipinski definition) is 0. The van der Waals surface area contributed by atoms with Crippen molar-refractivity contribution in [1.82, 2.24) is 0 Å². The SMILES string of the molecule is CCOC(=O)N(CC#N)c1ccc(Br)cc1. The standard InChI is InChI=1S/C11H11BrN2O2/c1-2-16-11(15)14(8-7-13)10-5-3-9(12)4-6-10/h3-6H,2,8H2,1H3. The molecular formula is C11H11BrN2O2. The summed E-state index contributed by atoms with van der Waals surface area (Å²) in [6.07, 6.45) is -0.508. The molecule has 0 saturated carbocycles. The Balaban J connectivity index is 2.89. The summed E-state index contributed by atoms with van der Waals surface area (Å²) in [6.45, 7) is 1.99. The minimum atomic E-state index is -0.508. The van der Waals surface area contributed by atoms with Crippen molar-refractivity contribution < 1.29 is 9.53 Å². The van der Waals surface area contributed by atoms with Gasteiger partial charge < -0.3 is 4.74 Å². The maximum Gasteiger partial charge on any atom is 0.415 e. The maximum atomic E-state index is 11.6. The number of hydrogen-bond acceptors (Lipinski definition) is 3. The second kappa shape index (κ2) is 6.13. The smallest absolute Gasteiger partial charge is 0.415 e. The molecule has 1 aromatic rings. The summed E-state index contributed by atoms with van der Waals surface area (Å²) in [5, 5.41) is 8.66. The van der Waals surface area contributed by atoms with Gasteiger partial charge in [0.1, 0.15) is 6.54 Å². The summed E-state index contributed by atoms with van der Waals surface area (Å²) in [6, 6.07) is 9.04. The van der Waals surface area contributed by atoms with Crippen LogP contribution in [0.2, 0.25) is 0 Å². The highest BCUT2D eigenvalue weighted by atomic mass is 79.9. The van der Waals surface area contributed by atoms with Crippen molar-refractivity contribution in [3.05, 3.63) is 28.7 Å². The molecule has 0 saturated heterocycles. The average Bonchev–Trinajstić information content (AvgIpc) is 2.28. The predicted octanol–water partition coefficient (Wildman–Crippen LogP) is 2.94. The van der Waals surface area contributed by atoms with Crippen LogP contribution in [0.1, 0.15) is 6.92 Å². The zero-order chi connectivity index (χ0) is 12.0. The zero-order valence-corrected chi connectivity index (χ0v) is 10.4. The Hall–Kier alpha value is -1.54. The summed E-state index contributed by atoms with van der Waals surface area (Å²) in [4.78, 5) is 12.8. The Morgan fingerprint density at radius 3 is 2.62 bits per heavy atom. The lowest BCUT2D eigenvalue weighted by atomic mass is 10.3. The van der Waals surface area contributed by atoms with Crippen molar-refractivity contribution >= 4 is 27.7 Å². The van der Waals surface area contributed by atoms with Crippen LogP contribution in [0, 0.1) is 11.3 Å². The Bertz CT molecular complexity index is 397. The Morgan fingerprint density at radius 1 is 1.50 bits per heavy atom. The Morgan fingerprint density at radius 2 is 2.12 bits per heavy atom. The molecule has 1 rings (SSSR count). The number of carbonyl (C=O) groups excluding carboxylic acids is 1. The fourth-order valence-corrected chi connectivity index (χ4v) is 1.42. The number of benzene rings is 1. The highest BCUT2D eigenvalue weighted by molar-refractivity contribution is 9.10. The maximum absolute atomic E-state index is 11.6. The molecule has 0 unspecified atom stereocenters. The number of carbonyl (C=O) groups is 1. The lowest BCUT2D eigenvalue weighted by Gasteiger charge is -2.18. The van der Waals surface area contributed by atoms with Crippen LogP contribution in [0.15, 0.2) is 28.7 Å². The highest BCUT2D eigenvalue weighted by Crippen LogP contribution is 2.18. The van der Waals surface area contributed by atoms with Gasteiger partial charge in [0.15, 0.2) is 0 Å². The van der Waals surface area contributed by atoms with Gasteiger partial charge in [0.05, 0.1) is 12.7 Å². The van der Waals surface area contributed by atoms with Crippen molar-refractivity contribution in [3.63, 3.8) is 0 Å². The van der Waals surface area contributed by atoms with Crippen molar-refractivity contribution in [3.8, 4) is 6.07 Å². The second-order valence-electron chi connectivity index (χ2n) is 2.92. The van der Waals surface area contributed by atoms with Crippen LogP contribution in [0.3, 0.4) is 0 Å². The molecule has 0 bridgehead atoms. The van der Waals surface area contributed by atoms with Crippen LogP contribution in [-0.2, 0) is 4.74 Å². The fourth-order valence-electron chi connectivity index (χ4n) is 1.15. The topological polar surface area (TPSA) is 53.3 Å². The summed E-state index contributed by atoms with van der Waals surface area (Å²) in [5.74, 6) is 0. The molecule has 16 heavy (non-hydrogen) atoms. The van der Waals surface area contributed by atoms with E-state index >= 15 is 0 Å². The number of ether oxygens (including phenoxy) is 1. The number of nitrogens with zero attached hydrogens (tertiary/aromatic N) is 2. The predicted molar refractivity (Wildman–Crippen MR) is 64.1 cm³/mol. The number of rotatable bonds is 3. The Labute approximate surface area is 103 Å². The van der Waals surface area contributed by atoms with E-state index in [4.69, 9.17) is 10.00 Å². The average molecular weight is 283 g/mol. The van der Waals surface area contributed by atoms with Gasteiger partial charge in [-0.3, -0.25) is 4.90 Å². The van der Waals surface area contributed by atoms with E-state index in [1.165, 1.54) is 4.90 Å². The van der Waals surface area contributed by atoms with E-state index in [1.54, 1.807) is 31.2 Å². The summed E-state index contributed by atoms with van der Waals surface area (Å²) in [5.41, 5.74) is 0.642. The van der Waals surface area contributed by atoms with Crippen LogP contribution in [0.5, 0.6) is 0 Å². The number of nitriles is 1. The molecule has 0 N–H and O–H groups in total. The molecule has 4 nitrogen and oxygen atoms in total. The van der Waals surface area contributed by atoms with Crippen molar-refractivity contribution in [2.75, 3.05) is 18.1 Å². The van der Waals surface area contributed by atoms with Crippen molar-refractivity contribution in [2.45, 2.75) is 6.92 Å². The molecule has 0 spiro atoms. The third-order valence-corrected chi connectivity index (χ3v) is 2.38. The van der Waals surface area contributed by atoms with Gasteiger partial charge in [-0.2, -0.15) is 5.26 Å². The fraction of sp³-hybridized carbons (Fsp3) is 0.273. The lowest BCUT2D eigenvalue weighted by Crippen LogP contribution is -2.31. The minimum absolute atomic E-state index is 0.0273. The van der Waals surface area contributed by atoms with Crippen LogP contribution in [0.4, 0.5) is 10.5 Å². The quantitative estimate of drug-likeness (QED) is 0.801. The van der Waals surface area contributed by atoms with Gasteiger partial charge in [0.2, 0.25) is 0 Å². The molecule has 0 atom stereocenters. The monoisotopic (exact) mass is 282 g/mol. The first-order chi connectivity index (χ1) is 7.69. The molecule has 0 aromatic heterocycles. The molecule has 0 radical (unpaired) electrons. The first kappa shape index (κ1) is 12.5. The first-order valence-corrected chi connectivity index (χ1v) is 5.55. The van der Waals surface area contributed by atoms with Gasteiger partial charge in [0.25, 0.3) is 0 Å². The van der Waals surface area contributed by atoms with Crippen molar-refractivity contribution in [1.29, 1.82) is 5.26 Å². The molecule has 0 aliphatic carbocycles. The largest absolute Gasteiger partial charge is 0.449 e. The van der Waals surface area contributed by atoms with E-state index in [-0.39, 0.29) is 13.2 Å². The van der Waals surface area contributed by atoms with Gasteiger partial charge in [-0.25, -0.2) is 4.79 Å². The first-order valence-electron chi connectivity index (χ1n) is 4.75. The van der Waals surface area contributed by atoms with Crippen LogP contribution < -0.4 is 4.90 Å². The van der Waals surface area contributed by atoms with E-state index in [0.717, 1.165) is 4.47 Å². The van der Waals surface area contributed by atoms with E-state index < -0.39 is 6.09 Å². The molecule has 1 aromatic carbocycles. The summed E-state index contributed by atoms with van der Waals surface area (Å²) in [7, 11) is 0. The number of anilines is 1. The third kappa shape index (κ3) is 3.24. The van der Waals surface area contributed by atoms with E-state index in [9.17, 15) is 4.79 Å². The lowest BCUT2D eigenvalue weighted by molar-refractivity contribution is 0.160. The molecule has 1 amide bonds. The van der Waals surface area contributed by atoms with E-state index in [0.29, 0.717) is 5.69 Å². The van der Waals surface area contributed by atoms with Gasteiger partial charge in [0, 0.05) is 10.2 Å². The summed E-state index contributed by atoms with van der Waals surface area (Å²) < 4.78 is 5.78. The van der Waals surface area contributed by atoms with Crippen molar-refractivity contribution in [2.24, 2.45) is 0 Å². The highest BCUT2D eigenvalue weighted by Gasteiger charge is 2.15. The van der Waals surface area contributed by atoms with Gasteiger partial charge in [-0.1, -0.05) is 15.9 Å². The van der Waals surface area contributed by atoms with Gasteiger partial charge in [-0.15, -0.1) is 0 Å². The molecular weight excluding hydrogens is 272 g/mol. The van der Waals surface area contributed by atoms with E-state index in [2.05, 4.69) is 15.9 Å². The molecule has 84 valence electrons. The second-order valence-corrected chi connectivity index (χ2v) is 3.84. The van der Waals surface area contributed by atoms with Crippen LogP contribution >= 0.6 is 15.9 Å². The summed E-state index contributed by atoms with van der Waals surface area (Å²) >= 11 is 3.30. The normalized spacial score (nSPS) is 9.31. The van der Waals surface area contributed by atoms with Gasteiger partial charge in [-0.05, 0) is 31.2 Å². The minimum Gasteiger partial charge on any atom is -0.449 e. The third-order valence-electron chi connectivity index (χ3n) is 1.86. The number of amides is 1. The zero-order valence-electron chi connectivity index (χ0n) is 8.81. The molecule has 0 aliphatic rings. The molecule has 0 aliphatic heterocycles. The van der Waals surface area contributed by atoms with Crippen LogP contribution in [0.25, 0.3) is 0 Å². The Kier molecular flexibility index (Phi) is 4.80. The molecule has 0 heterocycles. The number of halogens is 1.